The van der Waals surface area contributed by atoms with Gasteiger partial charge in [0.1, 0.15) is 11.9 Å². The number of nitrogens with one attached hydrogen (secondary N) is 2. The van der Waals surface area contributed by atoms with Crippen molar-refractivity contribution in [3.63, 3.8) is 0 Å². The number of halogens is 2. The largest absolute Gasteiger partial charge is 0.373 e. The van der Waals surface area contributed by atoms with Gasteiger partial charge in [-0.3, -0.25) is 4.79 Å². The topological polar surface area (TPSA) is 41.1 Å². The van der Waals surface area contributed by atoms with Gasteiger partial charge in [0.2, 0.25) is 5.91 Å². The van der Waals surface area contributed by atoms with Gasteiger partial charge in [0, 0.05) is 17.1 Å². The molecule has 0 aromatic heterocycles. The van der Waals surface area contributed by atoms with E-state index in [1.807, 2.05) is 24.3 Å². The third-order valence-electron chi connectivity index (χ3n) is 3.27. The fraction of sp³-hybridized carbons (Fsp3) is 0.133. The van der Waals surface area contributed by atoms with Gasteiger partial charge in [0.25, 0.3) is 0 Å². The van der Waals surface area contributed by atoms with Crippen LogP contribution in [0, 0.1) is 5.82 Å². The van der Waals surface area contributed by atoms with Crippen LogP contribution in [0.5, 0.6) is 0 Å². The smallest absolute Gasteiger partial charge is 0.247 e. The van der Waals surface area contributed by atoms with Crippen LogP contribution in [0.2, 0.25) is 5.02 Å². The molecule has 0 bridgehead atoms. The van der Waals surface area contributed by atoms with E-state index in [0.29, 0.717) is 11.4 Å². The first-order valence-electron chi connectivity index (χ1n) is 6.24. The molecule has 0 saturated carbocycles. The summed E-state index contributed by atoms with van der Waals surface area (Å²) in [4.78, 5) is 12.2. The molecule has 5 heteroatoms. The van der Waals surface area contributed by atoms with Gasteiger partial charge in [-0.15, -0.1) is 0 Å². The van der Waals surface area contributed by atoms with Gasteiger partial charge in [-0.05, 0) is 29.8 Å². The predicted molar refractivity (Wildman–Crippen MR) is 77.6 cm³/mol. The summed E-state index contributed by atoms with van der Waals surface area (Å²) in [7, 11) is 0. The van der Waals surface area contributed by atoms with Gasteiger partial charge in [0.15, 0.2) is 0 Å². The Kier molecular flexibility index (Phi) is 3.32. The minimum absolute atomic E-state index is 0.0975. The normalized spacial score (nSPS) is 16.4. The molecule has 0 saturated heterocycles. The molecule has 0 fully saturated rings. The number of hydrogen-bond acceptors (Lipinski definition) is 2. The van der Waals surface area contributed by atoms with Crippen LogP contribution in [0.1, 0.15) is 5.56 Å². The van der Waals surface area contributed by atoms with E-state index in [1.165, 1.54) is 18.2 Å². The molecule has 1 unspecified atom stereocenters. The molecule has 1 aliphatic heterocycles. The highest BCUT2D eigenvalue weighted by Gasteiger charge is 2.26. The highest BCUT2D eigenvalue weighted by atomic mass is 35.5. The molecule has 0 aliphatic carbocycles. The Labute approximate surface area is 120 Å². The van der Waals surface area contributed by atoms with Crippen LogP contribution in [0.4, 0.5) is 15.8 Å². The Bertz CT molecular complexity index is 650. The molecule has 20 heavy (non-hydrogen) atoms. The van der Waals surface area contributed by atoms with Crippen LogP contribution in [-0.4, -0.2) is 11.9 Å². The maximum Gasteiger partial charge on any atom is 0.247 e. The first-order valence-corrected chi connectivity index (χ1v) is 6.61. The van der Waals surface area contributed by atoms with Crippen LogP contribution in [0.25, 0.3) is 0 Å². The van der Waals surface area contributed by atoms with Crippen molar-refractivity contribution in [2.75, 3.05) is 10.6 Å². The number of carbonyl (C=O) groups is 1. The molecular weight excluding hydrogens is 279 g/mol. The van der Waals surface area contributed by atoms with E-state index in [1.54, 1.807) is 0 Å². The fourth-order valence-electron chi connectivity index (χ4n) is 2.27. The highest BCUT2D eigenvalue weighted by Crippen LogP contribution is 2.26. The summed E-state index contributed by atoms with van der Waals surface area (Å²) in [5.74, 6) is -0.777. The molecule has 3 nitrogen and oxygen atoms in total. The minimum Gasteiger partial charge on any atom is -0.373 e. The zero-order valence-electron chi connectivity index (χ0n) is 10.5. The van der Waals surface area contributed by atoms with Crippen molar-refractivity contribution in [2.24, 2.45) is 0 Å². The molecule has 102 valence electrons. The van der Waals surface area contributed by atoms with Gasteiger partial charge in [0.05, 0.1) is 5.69 Å². The molecule has 0 spiro atoms. The second-order valence-corrected chi connectivity index (χ2v) is 5.11. The number of benzene rings is 2. The Morgan fingerprint density at radius 1 is 1.30 bits per heavy atom. The zero-order valence-corrected chi connectivity index (χ0v) is 11.2. The molecule has 2 aromatic rings. The molecule has 0 radical (unpaired) electrons. The first-order chi connectivity index (χ1) is 9.63. The summed E-state index contributed by atoms with van der Waals surface area (Å²) < 4.78 is 13.6. The van der Waals surface area contributed by atoms with Crippen molar-refractivity contribution in [1.82, 2.24) is 0 Å². The average molecular weight is 291 g/mol. The van der Waals surface area contributed by atoms with Gasteiger partial charge in [-0.2, -0.15) is 0 Å². The Balaban J connectivity index is 1.74. The van der Waals surface area contributed by atoms with Crippen molar-refractivity contribution in [3.8, 4) is 0 Å². The van der Waals surface area contributed by atoms with E-state index < -0.39 is 11.9 Å². The van der Waals surface area contributed by atoms with Crippen LogP contribution >= 0.6 is 11.6 Å². The van der Waals surface area contributed by atoms with Gasteiger partial charge in [-0.25, -0.2) is 4.39 Å². The van der Waals surface area contributed by atoms with E-state index in [4.69, 9.17) is 11.6 Å². The molecule has 3 rings (SSSR count). The molecule has 2 aromatic carbocycles. The number of para-hydroxylation sites is 1. The van der Waals surface area contributed by atoms with Crippen molar-refractivity contribution >= 4 is 28.9 Å². The maximum absolute atomic E-state index is 13.6. The third kappa shape index (κ3) is 2.47. The minimum atomic E-state index is -0.502. The Morgan fingerprint density at radius 3 is 2.90 bits per heavy atom. The van der Waals surface area contributed by atoms with Gasteiger partial charge < -0.3 is 10.6 Å². The van der Waals surface area contributed by atoms with Crippen molar-refractivity contribution in [3.05, 3.63) is 58.9 Å². The van der Waals surface area contributed by atoms with Crippen LogP contribution in [-0.2, 0) is 11.2 Å². The summed E-state index contributed by atoms with van der Waals surface area (Å²) in [6, 6.07) is 11.4. The van der Waals surface area contributed by atoms with Crippen molar-refractivity contribution in [1.29, 1.82) is 0 Å². The van der Waals surface area contributed by atoms with Gasteiger partial charge in [-0.1, -0.05) is 29.8 Å². The standard InChI is InChI=1S/C15H12ClFN2O/c16-10-5-6-11(17)13(8-10)19-15(20)14-7-9-3-1-2-4-12(9)18-14/h1-6,8,14,18H,7H2,(H,19,20). The molecule has 1 atom stereocenters. The summed E-state index contributed by atoms with van der Waals surface area (Å²) in [6.07, 6.45) is 0.587. The first kappa shape index (κ1) is 12.9. The summed E-state index contributed by atoms with van der Waals surface area (Å²) in [6.45, 7) is 0. The van der Waals surface area contributed by atoms with E-state index in [9.17, 15) is 9.18 Å². The van der Waals surface area contributed by atoms with Crippen molar-refractivity contribution < 1.29 is 9.18 Å². The molecule has 1 amide bonds. The SMILES string of the molecule is O=C(Nc1cc(Cl)ccc1F)C1Cc2ccccc2N1. The number of rotatable bonds is 2. The number of anilines is 2. The van der Waals surface area contributed by atoms with Crippen LogP contribution in [0.3, 0.4) is 0 Å². The number of hydrogen-bond donors (Lipinski definition) is 2. The van der Waals surface area contributed by atoms with E-state index >= 15 is 0 Å². The molecule has 2 N–H and O–H groups in total. The lowest BCUT2D eigenvalue weighted by atomic mass is 10.1. The predicted octanol–water partition coefficient (Wildman–Crippen LogP) is 3.45. The Morgan fingerprint density at radius 2 is 2.10 bits per heavy atom. The lowest BCUT2D eigenvalue weighted by Gasteiger charge is -2.12. The number of fused-ring (bicyclic) bond motifs is 1. The highest BCUT2D eigenvalue weighted by molar-refractivity contribution is 6.30. The molecule has 1 heterocycles. The lowest BCUT2D eigenvalue weighted by Crippen LogP contribution is -2.33. The average Bonchev–Trinajstić information content (AvgIpc) is 2.87. The second kappa shape index (κ2) is 5.13. The van der Waals surface area contributed by atoms with E-state index in [2.05, 4.69) is 10.6 Å². The monoisotopic (exact) mass is 290 g/mol. The van der Waals surface area contributed by atoms with Crippen molar-refractivity contribution in [2.45, 2.75) is 12.5 Å². The van der Waals surface area contributed by atoms with Crippen LogP contribution < -0.4 is 10.6 Å². The van der Waals surface area contributed by atoms with Crippen LogP contribution in [0.15, 0.2) is 42.5 Å². The second-order valence-electron chi connectivity index (χ2n) is 4.67. The zero-order chi connectivity index (χ0) is 14.1. The van der Waals surface area contributed by atoms with E-state index in [-0.39, 0.29) is 11.6 Å². The Hall–Kier alpha value is -2.07. The molecule has 1 aliphatic rings. The maximum atomic E-state index is 13.6. The summed E-state index contributed by atoms with van der Waals surface area (Å²) >= 11 is 5.80. The summed E-state index contributed by atoms with van der Waals surface area (Å²) in [5.41, 5.74) is 2.12. The molecular formula is C15H12ClFN2O. The number of carbonyl (C=O) groups excluding carboxylic acids is 1. The van der Waals surface area contributed by atoms with Gasteiger partial charge >= 0.3 is 0 Å². The van der Waals surface area contributed by atoms with E-state index in [0.717, 1.165) is 11.3 Å². The lowest BCUT2D eigenvalue weighted by molar-refractivity contribution is -0.116. The third-order valence-corrected chi connectivity index (χ3v) is 3.51. The quantitative estimate of drug-likeness (QED) is 0.889. The fourth-order valence-corrected chi connectivity index (χ4v) is 2.44. The number of amides is 1. The summed E-state index contributed by atoms with van der Waals surface area (Å²) in [5, 5.41) is 6.07.